The monoisotopic (exact) mass is 450 g/mol. The second kappa shape index (κ2) is 7.46. The lowest BCUT2D eigenvalue weighted by Crippen LogP contribution is -2.01. The molecule has 0 heterocycles. The van der Waals surface area contributed by atoms with Gasteiger partial charge in [0.05, 0.1) is 20.9 Å². The van der Waals surface area contributed by atoms with E-state index in [2.05, 4.69) is 10.2 Å². The molecule has 0 fully saturated rings. The minimum Gasteiger partial charge on any atom is -0.744 e. The minimum absolute atomic E-state index is 0.145. The van der Waals surface area contributed by atoms with Crippen LogP contribution in [0.2, 0.25) is 0 Å². The van der Waals surface area contributed by atoms with Gasteiger partial charge < -0.3 is 19.3 Å². The van der Waals surface area contributed by atoms with Gasteiger partial charge in [-0.25, -0.2) is 16.8 Å². The Kier molecular flexibility index (Phi) is 5.30. The lowest BCUT2D eigenvalue weighted by Gasteiger charge is -2.15. The summed E-state index contributed by atoms with van der Waals surface area (Å²) in [7, 11) is -10.3. The Hall–Kier alpha value is -3.39. The molecular formula is C17H10N2O9S2-2. The molecule has 30 heavy (non-hydrogen) atoms. The third kappa shape index (κ3) is 4.13. The average Bonchev–Trinajstić information content (AvgIpc) is 2.65. The van der Waals surface area contributed by atoms with Crippen molar-refractivity contribution in [1.29, 1.82) is 0 Å². The number of phenols is 2. The van der Waals surface area contributed by atoms with Gasteiger partial charge in [0, 0.05) is 5.56 Å². The summed E-state index contributed by atoms with van der Waals surface area (Å²) in [5.74, 6) is -1.83. The molecule has 2 N–H and O–H groups in total. The Balaban J connectivity index is 2.29. The number of carbonyl (C=O) groups is 1. The fourth-order valence-corrected chi connectivity index (χ4v) is 3.77. The molecule has 0 radical (unpaired) electrons. The Morgan fingerprint density at radius 3 is 2.03 bits per heavy atom. The van der Waals surface area contributed by atoms with Crippen molar-refractivity contribution in [2.45, 2.75) is 9.79 Å². The molecule has 156 valence electrons. The second-order valence-corrected chi connectivity index (χ2v) is 8.66. The fraction of sp³-hybridized carbons (Fsp3) is 0. The summed E-state index contributed by atoms with van der Waals surface area (Å²) in [5.41, 5.74) is -0.323. The standard InChI is InChI=1S/C17H12N2O9S2/c20-8-9-1-3-11(4-2-9)18-19-16-14(30(26,27)28)6-10-5-12(29(23,24)25)7-13(21)15(10)17(16)22/h1-8,21-22H,(H,23,24,25)(H,26,27,28)/p-2. The van der Waals surface area contributed by atoms with Crippen LogP contribution in [0, 0.1) is 0 Å². The highest BCUT2D eigenvalue weighted by Crippen LogP contribution is 2.45. The van der Waals surface area contributed by atoms with Gasteiger partial charge in [0.15, 0.2) is 5.75 Å². The van der Waals surface area contributed by atoms with Crippen molar-refractivity contribution in [3.8, 4) is 11.5 Å². The van der Waals surface area contributed by atoms with Gasteiger partial charge in [0.25, 0.3) is 0 Å². The molecule has 0 spiro atoms. The number of azo groups is 1. The van der Waals surface area contributed by atoms with Crippen molar-refractivity contribution < 1.29 is 40.9 Å². The summed E-state index contributed by atoms with van der Waals surface area (Å²) in [6.07, 6.45) is 0.581. The van der Waals surface area contributed by atoms with Crippen molar-refractivity contribution in [1.82, 2.24) is 0 Å². The maximum Gasteiger partial charge on any atom is 0.155 e. The largest absolute Gasteiger partial charge is 0.744 e. The molecule has 0 bridgehead atoms. The molecule has 0 atom stereocenters. The highest BCUT2D eigenvalue weighted by molar-refractivity contribution is 7.86. The summed E-state index contributed by atoms with van der Waals surface area (Å²) < 4.78 is 68.6. The van der Waals surface area contributed by atoms with E-state index in [1.54, 1.807) is 0 Å². The molecule has 0 aromatic heterocycles. The third-order valence-electron chi connectivity index (χ3n) is 3.96. The molecular weight excluding hydrogens is 440 g/mol. The van der Waals surface area contributed by atoms with Gasteiger partial charge in [-0.05, 0) is 47.9 Å². The highest BCUT2D eigenvalue weighted by Gasteiger charge is 2.21. The molecule has 0 unspecified atom stereocenters. The zero-order valence-electron chi connectivity index (χ0n) is 14.6. The van der Waals surface area contributed by atoms with Crippen LogP contribution < -0.4 is 0 Å². The Morgan fingerprint density at radius 2 is 1.50 bits per heavy atom. The van der Waals surface area contributed by atoms with Gasteiger partial charge in [-0.1, -0.05) is 0 Å². The van der Waals surface area contributed by atoms with Crippen molar-refractivity contribution in [2.75, 3.05) is 0 Å². The first kappa shape index (κ1) is 21.3. The van der Waals surface area contributed by atoms with E-state index in [-0.39, 0.29) is 5.69 Å². The second-order valence-electron chi connectivity index (χ2n) is 5.93. The van der Waals surface area contributed by atoms with Crippen LogP contribution in [0.15, 0.2) is 62.5 Å². The van der Waals surface area contributed by atoms with Crippen LogP contribution in [0.5, 0.6) is 11.5 Å². The molecule has 0 aliphatic rings. The molecule has 3 rings (SSSR count). The summed E-state index contributed by atoms with van der Waals surface area (Å²) >= 11 is 0. The number of fused-ring (bicyclic) bond motifs is 1. The topological polar surface area (TPSA) is 197 Å². The molecule has 3 aromatic rings. The smallest absolute Gasteiger partial charge is 0.155 e. The van der Waals surface area contributed by atoms with Crippen LogP contribution in [-0.4, -0.2) is 42.4 Å². The summed E-state index contributed by atoms with van der Waals surface area (Å²) in [5, 5.41) is 26.9. The zero-order valence-corrected chi connectivity index (χ0v) is 16.2. The Bertz CT molecular complexity index is 1410. The number of benzene rings is 3. The SMILES string of the molecule is O=Cc1ccc(N=Nc2c(S(=O)(=O)[O-])cc3cc(S(=O)(=O)[O-])cc(O)c3c2O)cc1. The van der Waals surface area contributed by atoms with Gasteiger partial charge in [-0.15, -0.1) is 5.11 Å². The Labute approximate surface area is 169 Å². The van der Waals surface area contributed by atoms with Crippen molar-refractivity contribution in [2.24, 2.45) is 10.2 Å². The molecule has 0 aliphatic heterocycles. The number of phenolic OH excluding ortho intramolecular Hbond substituents is 2. The number of hydrogen-bond donors (Lipinski definition) is 2. The van der Waals surface area contributed by atoms with E-state index >= 15 is 0 Å². The zero-order chi connectivity index (χ0) is 22.3. The van der Waals surface area contributed by atoms with Gasteiger partial charge in [-0.3, -0.25) is 4.79 Å². The molecule has 3 aromatic carbocycles. The van der Waals surface area contributed by atoms with Crippen LogP contribution in [0.3, 0.4) is 0 Å². The number of rotatable bonds is 5. The number of aromatic hydroxyl groups is 2. The minimum atomic E-state index is -5.24. The predicted molar refractivity (Wildman–Crippen MR) is 99.2 cm³/mol. The molecule has 0 amide bonds. The molecule has 0 saturated heterocycles. The van der Waals surface area contributed by atoms with Gasteiger partial charge in [0.1, 0.15) is 38.0 Å². The summed E-state index contributed by atoms with van der Waals surface area (Å²) in [6, 6.07) is 7.43. The quantitative estimate of drug-likeness (QED) is 0.332. The summed E-state index contributed by atoms with van der Waals surface area (Å²) in [4.78, 5) is 8.72. The maximum absolute atomic E-state index is 11.7. The first-order valence-electron chi connectivity index (χ1n) is 7.83. The summed E-state index contributed by atoms with van der Waals surface area (Å²) in [6.45, 7) is 0. The third-order valence-corrected chi connectivity index (χ3v) is 5.62. The first-order chi connectivity index (χ1) is 13.9. The van der Waals surface area contributed by atoms with E-state index in [1.165, 1.54) is 24.3 Å². The van der Waals surface area contributed by atoms with Crippen LogP contribution >= 0.6 is 0 Å². The highest BCUT2D eigenvalue weighted by atomic mass is 32.2. The van der Waals surface area contributed by atoms with Crippen LogP contribution in [0.4, 0.5) is 11.4 Å². The van der Waals surface area contributed by atoms with Crippen molar-refractivity contribution >= 4 is 48.7 Å². The van der Waals surface area contributed by atoms with Crippen molar-refractivity contribution in [3.05, 3.63) is 48.0 Å². The average molecular weight is 450 g/mol. The van der Waals surface area contributed by atoms with Crippen LogP contribution in [-0.2, 0) is 20.2 Å². The number of nitrogens with zero attached hydrogens (tertiary/aromatic N) is 2. The molecule has 11 nitrogen and oxygen atoms in total. The van der Waals surface area contributed by atoms with E-state index in [9.17, 15) is 40.9 Å². The van der Waals surface area contributed by atoms with Crippen LogP contribution in [0.1, 0.15) is 10.4 Å². The fourth-order valence-electron chi connectivity index (χ4n) is 2.60. The number of hydrogen-bond acceptors (Lipinski definition) is 11. The molecule has 13 heteroatoms. The molecule has 0 aliphatic carbocycles. The van der Waals surface area contributed by atoms with Gasteiger partial charge in [0.2, 0.25) is 0 Å². The van der Waals surface area contributed by atoms with Crippen molar-refractivity contribution in [3.63, 3.8) is 0 Å². The van der Waals surface area contributed by atoms with E-state index in [1.807, 2.05) is 0 Å². The normalized spacial score (nSPS) is 12.5. The predicted octanol–water partition coefficient (Wildman–Crippen LogP) is 2.29. The van der Waals surface area contributed by atoms with E-state index in [4.69, 9.17) is 0 Å². The first-order valence-corrected chi connectivity index (χ1v) is 10.6. The maximum atomic E-state index is 11.7. The van der Waals surface area contributed by atoms with E-state index in [0.29, 0.717) is 30.0 Å². The number of aldehydes is 1. The Morgan fingerprint density at radius 1 is 0.867 bits per heavy atom. The van der Waals surface area contributed by atoms with E-state index < -0.39 is 58.0 Å². The number of carbonyl (C=O) groups excluding carboxylic acids is 1. The van der Waals surface area contributed by atoms with E-state index in [0.717, 1.165) is 0 Å². The molecule has 0 saturated carbocycles. The van der Waals surface area contributed by atoms with Gasteiger partial charge >= 0.3 is 0 Å². The van der Waals surface area contributed by atoms with Crippen LogP contribution in [0.25, 0.3) is 10.8 Å². The van der Waals surface area contributed by atoms with Gasteiger partial charge in [-0.2, -0.15) is 5.11 Å². The lowest BCUT2D eigenvalue weighted by atomic mass is 10.1. The lowest BCUT2D eigenvalue weighted by molar-refractivity contribution is 0.112.